The van der Waals surface area contributed by atoms with Crippen molar-refractivity contribution in [2.24, 2.45) is 28.7 Å². The Morgan fingerprint density at radius 1 is 0.974 bits per heavy atom. The summed E-state index contributed by atoms with van der Waals surface area (Å²) in [6, 6.07) is -4.30. The smallest absolute Gasteiger partial charge is 0.249 e. The van der Waals surface area contributed by atoms with Crippen LogP contribution in [0.25, 0.3) is 0 Å². The van der Waals surface area contributed by atoms with Gasteiger partial charge in [0.2, 0.25) is 5.91 Å². The Morgan fingerprint density at radius 2 is 1.62 bits per heavy atom. The van der Waals surface area contributed by atoms with Crippen LogP contribution in [0.2, 0.25) is 0 Å². The minimum atomic E-state index is -2.07. The van der Waals surface area contributed by atoms with Crippen molar-refractivity contribution in [1.82, 2.24) is 5.32 Å². The molecule has 3 aliphatic rings. The van der Waals surface area contributed by atoms with Crippen LogP contribution in [0.4, 0.5) is 4.39 Å². The number of hydrogen-bond acceptors (Lipinski definition) is 15. The topological polar surface area (TPSA) is 297 Å². The number of aliphatic hydroxyl groups is 5. The number of aliphatic hydroxyl groups excluding tert-OH is 5. The van der Waals surface area contributed by atoms with Gasteiger partial charge in [-0.2, -0.15) is 0 Å². The maximum atomic E-state index is 16.2. The van der Waals surface area contributed by atoms with E-state index in [9.17, 15) is 30.3 Å². The van der Waals surface area contributed by atoms with Gasteiger partial charge in [-0.25, -0.2) is 4.39 Å². The van der Waals surface area contributed by atoms with Crippen molar-refractivity contribution in [3.8, 4) is 0 Å². The molecule has 0 aromatic rings. The number of hydrogen-bond donors (Lipinski definition) is 11. The van der Waals surface area contributed by atoms with E-state index in [1.54, 1.807) is 0 Å². The van der Waals surface area contributed by atoms with Crippen LogP contribution in [-0.2, 0) is 23.7 Å². The first-order chi connectivity index (χ1) is 18.4. The van der Waals surface area contributed by atoms with Crippen molar-refractivity contribution >= 4 is 5.91 Å². The van der Waals surface area contributed by atoms with Crippen LogP contribution in [0.3, 0.4) is 0 Å². The number of rotatable bonds is 10. The van der Waals surface area contributed by atoms with Gasteiger partial charge in [0.05, 0.1) is 36.9 Å². The zero-order chi connectivity index (χ0) is 29.0. The number of carbonyl (C=O) groups is 1. The highest BCUT2D eigenvalue weighted by Crippen LogP contribution is 2.33. The molecule has 2 heterocycles. The number of halogens is 1. The summed E-state index contributed by atoms with van der Waals surface area (Å²) in [6.45, 7) is -0.687. The zero-order valence-electron chi connectivity index (χ0n) is 21.4. The van der Waals surface area contributed by atoms with Crippen molar-refractivity contribution in [2.45, 2.75) is 111 Å². The first-order valence-electron chi connectivity index (χ1n) is 13.0. The fourth-order valence-corrected chi connectivity index (χ4v) is 5.05. The van der Waals surface area contributed by atoms with Gasteiger partial charge in [0.15, 0.2) is 18.8 Å². The molecule has 39 heavy (non-hydrogen) atoms. The van der Waals surface area contributed by atoms with Crippen LogP contribution >= 0.6 is 0 Å². The quantitative estimate of drug-likeness (QED) is 0.116. The average molecular weight is 571 g/mol. The number of amides is 1. The van der Waals surface area contributed by atoms with Crippen molar-refractivity contribution < 1.29 is 53.7 Å². The lowest BCUT2D eigenvalue weighted by molar-refractivity contribution is -0.310. The van der Waals surface area contributed by atoms with E-state index in [2.05, 4.69) is 5.32 Å². The van der Waals surface area contributed by atoms with Gasteiger partial charge in [-0.05, 0) is 25.8 Å². The Morgan fingerprint density at radius 3 is 2.23 bits per heavy atom. The van der Waals surface area contributed by atoms with E-state index < -0.39 is 104 Å². The Hall–Kier alpha value is -1.16. The molecule has 1 saturated carbocycles. The molecular weight excluding hydrogens is 527 g/mol. The van der Waals surface area contributed by atoms with Crippen molar-refractivity contribution in [1.29, 1.82) is 0 Å². The standard InChI is InChI=1S/C22H43FN6O10/c23-14-18(38-21-8(27)4-11(32)12(5-25)36-21)7(26)3-9(29-20(35)10(31)1-2-24)19(14)39-22-17(34)15(28)16(33)13(6-30)37-22/h7-19,21-22,30-34H,1-6,24-28H2,(H,29,35)/t7-,8+,9+,10-,11-,12+,13+,14+,15-,16+,17+,18+,19-,21+,22+/m0/s1. The summed E-state index contributed by atoms with van der Waals surface area (Å²) in [4.78, 5) is 12.5. The largest absolute Gasteiger partial charge is 0.394 e. The molecule has 1 amide bonds. The molecule has 0 aromatic heterocycles. The van der Waals surface area contributed by atoms with E-state index >= 15 is 4.39 Å². The highest BCUT2D eigenvalue weighted by molar-refractivity contribution is 5.80. The molecule has 228 valence electrons. The van der Waals surface area contributed by atoms with E-state index in [0.717, 1.165) is 0 Å². The van der Waals surface area contributed by atoms with E-state index in [0.29, 0.717) is 0 Å². The van der Waals surface area contributed by atoms with Crippen LogP contribution in [-0.4, -0.2) is 143 Å². The van der Waals surface area contributed by atoms with E-state index in [-0.39, 0.29) is 32.4 Å². The normalized spacial score (nSPS) is 46.0. The number of carbonyl (C=O) groups excluding carboxylic acids is 1. The maximum Gasteiger partial charge on any atom is 0.249 e. The van der Waals surface area contributed by atoms with Gasteiger partial charge >= 0.3 is 0 Å². The SMILES string of the molecule is NCC[C@H](O)C(=O)N[C@@H]1C[C@H](N)[C@@H](O[C@H]2O[C@H](CN)[C@@H](O)C[C@H]2N)[C@@H](F)[C@H]1O[C@H]1O[C@H](CO)[C@@H](O)[C@H](N)[C@H]1O. The van der Waals surface area contributed by atoms with Crippen LogP contribution in [0, 0.1) is 0 Å². The lowest BCUT2D eigenvalue weighted by Gasteiger charge is -2.48. The molecule has 17 heteroatoms. The molecule has 16 nitrogen and oxygen atoms in total. The molecule has 3 fully saturated rings. The minimum absolute atomic E-state index is 0.0192. The Bertz CT molecular complexity index is 792. The molecular formula is C22H43FN6O10. The van der Waals surface area contributed by atoms with Crippen molar-refractivity contribution in [3.63, 3.8) is 0 Å². The fraction of sp³-hybridized carbons (Fsp3) is 0.955. The monoisotopic (exact) mass is 570 g/mol. The molecule has 0 aromatic carbocycles. The van der Waals surface area contributed by atoms with E-state index in [1.807, 2.05) is 0 Å². The Balaban J connectivity index is 1.83. The summed E-state index contributed by atoms with van der Waals surface area (Å²) in [6.07, 6.45) is -15.4. The maximum absolute atomic E-state index is 16.2. The van der Waals surface area contributed by atoms with Crippen molar-refractivity contribution in [3.05, 3.63) is 0 Å². The first-order valence-corrected chi connectivity index (χ1v) is 13.0. The van der Waals surface area contributed by atoms with Gasteiger partial charge < -0.3 is 78.5 Å². The highest BCUT2D eigenvalue weighted by atomic mass is 19.1. The lowest BCUT2D eigenvalue weighted by atomic mass is 9.84. The minimum Gasteiger partial charge on any atom is -0.394 e. The number of ether oxygens (including phenoxy) is 4. The molecule has 15 atom stereocenters. The van der Waals surface area contributed by atoms with Crippen LogP contribution < -0.4 is 34.0 Å². The molecule has 16 N–H and O–H groups in total. The van der Waals surface area contributed by atoms with Gasteiger partial charge in [0.25, 0.3) is 0 Å². The number of nitrogens with one attached hydrogen (secondary N) is 1. The van der Waals surface area contributed by atoms with Crippen molar-refractivity contribution in [2.75, 3.05) is 19.7 Å². The molecule has 0 bridgehead atoms. The van der Waals surface area contributed by atoms with Crippen LogP contribution in [0.5, 0.6) is 0 Å². The molecule has 0 unspecified atom stereocenters. The molecule has 0 spiro atoms. The second-order valence-electron chi connectivity index (χ2n) is 10.3. The average Bonchev–Trinajstić information content (AvgIpc) is 2.89. The van der Waals surface area contributed by atoms with Gasteiger partial charge in [0, 0.05) is 12.6 Å². The number of nitrogens with two attached hydrogens (primary N) is 5. The summed E-state index contributed by atoms with van der Waals surface area (Å²) >= 11 is 0. The van der Waals surface area contributed by atoms with Gasteiger partial charge in [0.1, 0.15) is 36.6 Å². The molecule has 1 aliphatic carbocycles. The predicted octanol–water partition coefficient (Wildman–Crippen LogP) is -6.45. The second kappa shape index (κ2) is 14.1. The highest BCUT2D eigenvalue weighted by Gasteiger charge is 2.52. The summed E-state index contributed by atoms with van der Waals surface area (Å²) in [7, 11) is 0. The zero-order valence-corrected chi connectivity index (χ0v) is 21.4. The molecule has 3 rings (SSSR count). The van der Waals surface area contributed by atoms with Gasteiger partial charge in [-0.15, -0.1) is 0 Å². The summed E-state index contributed by atoms with van der Waals surface area (Å²) < 4.78 is 38.9. The molecule has 2 aliphatic heterocycles. The Kier molecular flexibility index (Phi) is 11.7. The summed E-state index contributed by atoms with van der Waals surface area (Å²) in [5.41, 5.74) is 29.2. The molecule has 2 saturated heterocycles. The number of alkyl halides is 1. The second-order valence-corrected chi connectivity index (χ2v) is 10.3. The fourth-order valence-electron chi connectivity index (χ4n) is 5.05. The predicted molar refractivity (Wildman–Crippen MR) is 131 cm³/mol. The third kappa shape index (κ3) is 7.38. The Labute approximate surface area is 224 Å². The first kappa shape index (κ1) is 32.4. The van der Waals surface area contributed by atoms with Crippen LogP contribution in [0.1, 0.15) is 19.3 Å². The van der Waals surface area contributed by atoms with Gasteiger partial charge in [-0.1, -0.05) is 0 Å². The van der Waals surface area contributed by atoms with Crippen LogP contribution in [0.15, 0.2) is 0 Å². The van der Waals surface area contributed by atoms with Gasteiger partial charge in [-0.3, -0.25) is 4.79 Å². The third-order valence-corrected chi connectivity index (χ3v) is 7.40. The third-order valence-electron chi connectivity index (χ3n) is 7.40. The van der Waals surface area contributed by atoms with E-state index in [4.69, 9.17) is 47.6 Å². The summed E-state index contributed by atoms with van der Waals surface area (Å²) in [5, 5.41) is 52.8. The molecule has 0 radical (unpaired) electrons. The lowest BCUT2D eigenvalue weighted by Crippen LogP contribution is -2.68. The summed E-state index contributed by atoms with van der Waals surface area (Å²) in [5.74, 6) is -0.847. The van der Waals surface area contributed by atoms with E-state index in [1.165, 1.54) is 0 Å².